The highest BCUT2D eigenvalue weighted by molar-refractivity contribution is 5.95. The molecule has 0 aliphatic carbocycles. The van der Waals surface area contributed by atoms with Crippen LogP contribution in [0.25, 0.3) is 0 Å². The molecule has 0 aliphatic heterocycles. The van der Waals surface area contributed by atoms with Crippen LogP contribution < -0.4 is 5.32 Å². The third-order valence-electron chi connectivity index (χ3n) is 4.46. The van der Waals surface area contributed by atoms with Gasteiger partial charge in [-0.3, -0.25) is 4.79 Å². The molecule has 1 aromatic carbocycles. The van der Waals surface area contributed by atoms with Crippen LogP contribution in [0.5, 0.6) is 0 Å². The van der Waals surface area contributed by atoms with E-state index in [0.717, 1.165) is 17.9 Å². The van der Waals surface area contributed by atoms with Gasteiger partial charge in [-0.1, -0.05) is 51.1 Å². The molecule has 130 valence electrons. The van der Waals surface area contributed by atoms with E-state index >= 15 is 0 Å². The largest absolute Gasteiger partial charge is 0.391 e. The first-order valence-corrected chi connectivity index (χ1v) is 8.37. The van der Waals surface area contributed by atoms with E-state index in [1.807, 2.05) is 58.9 Å². The van der Waals surface area contributed by atoms with Crippen molar-refractivity contribution in [1.29, 1.82) is 0 Å². The lowest BCUT2D eigenvalue weighted by atomic mass is 9.89. The Balaban J connectivity index is 2.12. The summed E-state index contributed by atoms with van der Waals surface area (Å²) in [4.78, 5) is 12.5. The first-order chi connectivity index (χ1) is 11.2. The van der Waals surface area contributed by atoms with Crippen molar-refractivity contribution in [3.8, 4) is 0 Å². The van der Waals surface area contributed by atoms with Crippen molar-refractivity contribution in [3.63, 3.8) is 0 Å². The molecule has 0 saturated carbocycles. The molecular weight excluding hydrogens is 300 g/mol. The number of carbonyl (C=O) groups excluding carboxylic acids is 1. The number of aromatic nitrogens is 1. The molecule has 0 saturated heterocycles. The highest BCUT2D eigenvalue weighted by Gasteiger charge is 2.23. The Morgan fingerprint density at radius 3 is 2.42 bits per heavy atom. The van der Waals surface area contributed by atoms with Crippen LogP contribution in [-0.2, 0) is 6.54 Å². The molecule has 0 spiro atoms. The highest BCUT2D eigenvalue weighted by Crippen LogP contribution is 2.19. The van der Waals surface area contributed by atoms with E-state index in [-0.39, 0.29) is 17.9 Å². The summed E-state index contributed by atoms with van der Waals surface area (Å²) in [6.07, 6.45) is -0.575. The molecule has 0 radical (unpaired) electrons. The van der Waals surface area contributed by atoms with E-state index in [9.17, 15) is 9.90 Å². The van der Waals surface area contributed by atoms with Crippen LogP contribution in [0.4, 0.5) is 0 Å². The first kappa shape index (κ1) is 18.3. The number of hydrogen-bond donors (Lipinski definition) is 2. The van der Waals surface area contributed by atoms with Crippen LogP contribution in [0.2, 0.25) is 0 Å². The van der Waals surface area contributed by atoms with Crippen molar-refractivity contribution < 1.29 is 9.90 Å². The summed E-state index contributed by atoms with van der Waals surface area (Å²) in [6, 6.07) is 12.1. The topological polar surface area (TPSA) is 54.3 Å². The van der Waals surface area contributed by atoms with Crippen molar-refractivity contribution in [2.75, 3.05) is 6.54 Å². The standard InChI is InChI=1S/C20H28N2O2/c1-14-11-17(19(24)21-12-18(23)20(3,4)5)15(2)22(14)13-16-9-7-6-8-10-16/h6-11,18,23H,12-13H2,1-5H3,(H,21,24). The van der Waals surface area contributed by atoms with Crippen molar-refractivity contribution in [2.24, 2.45) is 5.41 Å². The van der Waals surface area contributed by atoms with Gasteiger partial charge in [0.05, 0.1) is 11.7 Å². The Morgan fingerprint density at radius 2 is 1.83 bits per heavy atom. The Hall–Kier alpha value is -2.07. The maximum absolute atomic E-state index is 12.5. The van der Waals surface area contributed by atoms with Crippen molar-refractivity contribution in [2.45, 2.75) is 47.3 Å². The summed E-state index contributed by atoms with van der Waals surface area (Å²) in [5.41, 5.74) is 3.62. The summed E-state index contributed by atoms with van der Waals surface area (Å²) < 4.78 is 2.14. The second-order valence-electron chi connectivity index (χ2n) is 7.45. The number of aryl methyl sites for hydroxylation is 1. The van der Waals surface area contributed by atoms with Gasteiger partial charge in [0.1, 0.15) is 0 Å². The third kappa shape index (κ3) is 4.26. The lowest BCUT2D eigenvalue weighted by Crippen LogP contribution is -2.39. The maximum Gasteiger partial charge on any atom is 0.253 e. The Kier molecular flexibility index (Phi) is 5.50. The van der Waals surface area contributed by atoms with Gasteiger partial charge in [-0.2, -0.15) is 0 Å². The van der Waals surface area contributed by atoms with Crippen LogP contribution in [0, 0.1) is 19.3 Å². The summed E-state index contributed by atoms with van der Waals surface area (Å²) in [7, 11) is 0. The molecule has 1 atom stereocenters. The fraction of sp³-hybridized carbons (Fsp3) is 0.450. The van der Waals surface area contributed by atoms with Gasteiger partial charge in [0.25, 0.3) is 5.91 Å². The second-order valence-corrected chi connectivity index (χ2v) is 7.45. The smallest absolute Gasteiger partial charge is 0.253 e. The van der Waals surface area contributed by atoms with E-state index in [1.54, 1.807) is 0 Å². The summed E-state index contributed by atoms with van der Waals surface area (Å²) in [5, 5.41) is 12.9. The Morgan fingerprint density at radius 1 is 1.21 bits per heavy atom. The minimum absolute atomic E-state index is 0.134. The van der Waals surface area contributed by atoms with E-state index in [2.05, 4.69) is 22.0 Å². The molecule has 0 bridgehead atoms. The molecule has 4 nitrogen and oxygen atoms in total. The minimum Gasteiger partial charge on any atom is -0.391 e. The highest BCUT2D eigenvalue weighted by atomic mass is 16.3. The van der Waals surface area contributed by atoms with Crippen molar-refractivity contribution in [3.05, 3.63) is 58.9 Å². The van der Waals surface area contributed by atoms with Crippen LogP contribution in [-0.4, -0.2) is 28.2 Å². The number of aliphatic hydroxyl groups excluding tert-OH is 1. The van der Waals surface area contributed by atoms with Crippen LogP contribution >= 0.6 is 0 Å². The molecule has 1 heterocycles. The summed E-state index contributed by atoms with van der Waals surface area (Å²) in [5.74, 6) is -0.134. The van der Waals surface area contributed by atoms with Gasteiger partial charge in [-0.15, -0.1) is 0 Å². The van der Waals surface area contributed by atoms with Gasteiger partial charge >= 0.3 is 0 Å². The number of amides is 1. The quantitative estimate of drug-likeness (QED) is 0.885. The first-order valence-electron chi connectivity index (χ1n) is 8.37. The molecule has 2 aromatic rings. The number of carbonyl (C=O) groups is 1. The molecule has 0 aliphatic rings. The summed E-state index contributed by atoms with van der Waals surface area (Å²) in [6.45, 7) is 10.8. The fourth-order valence-electron chi connectivity index (χ4n) is 2.63. The lowest BCUT2D eigenvalue weighted by Gasteiger charge is -2.25. The SMILES string of the molecule is Cc1cc(C(=O)NCC(O)C(C)(C)C)c(C)n1Cc1ccccc1. The van der Waals surface area contributed by atoms with Crippen LogP contribution in [0.3, 0.4) is 0 Å². The van der Waals surface area contributed by atoms with E-state index in [0.29, 0.717) is 5.56 Å². The lowest BCUT2D eigenvalue weighted by molar-refractivity contribution is 0.0586. The zero-order chi connectivity index (χ0) is 17.9. The predicted molar refractivity (Wildman–Crippen MR) is 97.2 cm³/mol. The Labute approximate surface area is 144 Å². The predicted octanol–water partition coefficient (Wildman–Crippen LogP) is 3.29. The molecule has 1 aromatic heterocycles. The normalized spacial score (nSPS) is 12.9. The minimum atomic E-state index is -0.575. The van der Waals surface area contributed by atoms with Gasteiger partial charge < -0.3 is 15.0 Å². The average molecular weight is 328 g/mol. The van der Waals surface area contributed by atoms with Gasteiger partial charge in [-0.25, -0.2) is 0 Å². The molecule has 0 fully saturated rings. The number of hydrogen-bond acceptors (Lipinski definition) is 2. The zero-order valence-electron chi connectivity index (χ0n) is 15.3. The monoisotopic (exact) mass is 328 g/mol. The number of rotatable bonds is 5. The van der Waals surface area contributed by atoms with E-state index in [1.165, 1.54) is 5.56 Å². The number of aliphatic hydroxyl groups is 1. The molecule has 24 heavy (non-hydrogen) atoms. The van der Waals surface area contributed by atoms with Gasteiger partial charge in [0.15, 0.2) is 0 Å². The number of nitrogens with zero attached hydrogens (tertiary/aromatic N) is 1. The van der Waals surface area contributed by atoms with Gasteiger partial charge in [0.2, 0.25) is 0 Å². The molecular formula is C20H28N2O2. The van der Waals surface area contributed by atoms with Gasteiger partial charge in [0, 0.05) is 24.5 Å². The molecule has 2 rings (SSSR count). The van der Waals surface area contributed by atoms with Crippen LogP contribution in [0.15, 0.2) is 36.4 Å². The average Bonchev–Trinajstić information content (AvgIpc) is 2.80. The Bertz CT molecular complexity index is 696. The number of benzene rings is 1. The van der Waals surface area contributed by atoms with Crippen molar-refractivity contribution >= 4 is 5.91 Å². The zero-order valence-corrected chi connectivity index (χ0v) is 15.3. The maximum atomic E-state index is 12.5. The van der Waals surface area contributed by atoms with Crippen LogP contribution in [0.1, 0.15) is 48.1 Å². The molecule has 1 amide bonds. The molecule has 2 N–H and O–H groups in total. The molecule has 1 unspecified atom stereocenters. The third-order valence-corrected chi connectivity index (χ3v) is 4.46. The number of nitrogens with one attached hydrogen (secondary N) is 1. The molecule has 4 heteroatoms. The second kappa shape index (κ2) is 7.22. The van der Waals surface area contributed by atoms with Crippen molar-refractivity contribution in [1.82, 2.24) is 9.88 Å². The van der Waals surface area contributed by atoms with Gasteiger partial charge in [-0.05, 0) is 30.9 Å². The van der Waals surface area contributed by atoms with E-state index < -0.39 is 6.10 Å². The fourth-order valence-corrected chi connectivity index (χ4v) is 2.63. The van der Waals surface area contributed by atoms with E-state index in [4.69, 9.17) is 0 Å². The summed E-state index contributed by atoms with van der Waals surface area (Å²) >= 11 is 0.